The van der Waals surface area contributed by atoms with Gasteiger partial charge in [-0.15, -0.1) is 11.3 Å². The van der Waals surface area contributed by atoms with E-state index < -0.39 is 0 Å². The minimum Gasteiger partial charge on any atom is -0.397 e. The van der Waals surface area contributed by atoms with E-state index in [9.17, 15) is 0 Å². The third-order valence-electron chi connectivity index (χ3n) is 2.12. The molecule has 0 bridgehead atoms. The van der Waals surface area contributed by atoms with Crippen molar-refractivity contribution in [1.82, 2.24) is 0 Å². The van der Waals surface area contributed by atoms with Gasteiger partial charge in [-0.25, -0.2) is 0 Å². The average Bonchev–Trinajstić information content (AvgIpc) is 2.61. The van der Waals surface area contributed by atoms with Crippen molar-refractivity contribution >= 4 is 17.0 Å². The summed E-state index contributed by atoms with van der Waals surface area (Å²) in [6.45, 7) is 0.00909. The first kappa shape index (κ1) is 9.24. The Hall–Kier alpha value is -1.32. The maximum Gasteiger partial charge on any atom is 0.0710 e. The van der Waals surface area contributed by atoms with Crippen LogP contribution in [0.25, 0.3) is 10.4 Å². The zero-order valence-electron chi connectivity index (χ0n) is 7.60. The monoisotopic (exact) mass is 205 g/mol. The van der Waals surface area contributed by atoms with E-state index in [2.05, 4.69) is 0 Å². The second-order valence-electron chi connectivity index (χ2n) is 3.03. The van der Waals surface area contributed by atoms with Gasteiger partial charge in [0.2, 0.25) is 0 Å². The second-order valence-corrected chi connectivity index (χ2v) is 3.91. The SMILES string of the molecule is Nc1c(CO)csc1-c1ccccc1. The van der Waals surface area contributed by atoms with Crippen molar-refractivity contribution in [2.24, 2.45) is 0 Å². The van der Waals surface area contributed by atoms with Gasteiger partial charge in [0.15, 0.2) is 0 Å². The smallest absolute Gasteiger partial charge is 0.0710 e. The fraction of sp³-hybridized carbons (Fsp3) is 0.0909. The lowest BCUT2D eigenvalue weighted by Crippen LogP contribution is -1.90. The number of nitrogen functional groups attached to an aromatic ring is 1. The number of benzene rings is 1. The molecule has 1 aromatic heterocycles. The molecule has 3 heteroatoms. The molecule has 0 aliphatic carbocycles. The predicted molar refractivity (Wildman–Crippen MR) is 60.1 cm³/mol. The van der Waals surface area contributed by atoms with E-state index in [1.807, 2.05) is 35.7 Å². The van der Waals surface area contributed by atoms with Gasteiger partial charge in [0.05, 0.1) is 17.2 Å². The Balaban J connectivity index is 2.48. The van der Waals surface area contributed by atoms with Crippen LogP contribution in [0.4, 0.5) is 5.69 Å². The lowest BCUT2D eigenvalue weighted by atomic mass is 10.1. The van der Waals surface area contributed by atoms with E-state index in [1.165, 1.54) is 0 Å². The van der Waals surface area contributed by atoms with Crippen LogP contribution in [0.15, 0.2) is 35.7 Å². The van der Waals surface area contributed by atoms with Gasteiger partial charge < -0.3 is 10.8 Å². The van der Waals surface area contributed by atoms with Crippen molar-refractivity contribution in [1.29, 1.82) is 0 Å². The molecule has 2 aromatic rings. The number of rotatable bonds is 2. The van der Waals surface area contributed by atoms with Crippen LogP contribution in [0.3, 0.4) is 0 Å². The molecule has 0 saturated carbocycles. The van der Waals surface area contributed by atoms with Gasteiger partial charge in [-0.3, -0.25) is 0 Å². The number of hydrogen-bond donors (Lipinski definition) is 2. The number of aliphatic hydroxyl groups is 1. The maximum absolute atomic E-state index is 9.01. The zero-order chi connectivity index (χ0) is 9.97. The topological polar surface area (TPSA) is 46.2 Å². The largest absolute Gasteiger partial charge is 0.397 e. The molecule has 0 saturated heterocycles. The molecule has 3 N–H and O–H groups in total. The molecule has 0 unspecified atom stereocenters. The molecule has 0 fully saturated rings. The minimum atomic E-state index is 0.00909. The van der Waals surface area contributed by atoms with E-state index in [4.69, 9.17) is 10.8 Å². The summed E-state index contributed by atoms with van der Waals surface area (Å²) in [6.07, 6.45) is 0. The standard InChI is InChI=1S/C11H11NOS/c12-10-9(6-13)7-14-11(10)8-4-2-1-3-5-8/h1-5,7,13H,6,12H2. The summed E-state index contributed by atoms with van der Waals surface area (Å²) >= 11 is 1.57. The third-order valence-corrected chi connectivity index (χ3v) is 3.21. The highest BCUT2D eigenvalue weighted by Gasteiger charge is 2.08. The van der Waals surface area contributed by atoms with Crippen molar-refractivity contribution < 1.29 is 5.11 Å². The van der Waals surface area contributed by atoms with Crippen molar-refractivity contribution in [2.75, 3.05) is 5.73 Å². The Kier molecular flexibility index (Phi) is 2.52. The number of aliphatic hydroxyl groups excluding tert-OH is 1. The van der Waals surface area contributed by atoms with E-state index in [0.717, 1.165) is 16.0 Å². The van der Waals surface area contributed by atoms with Gasteiger partial charge in [0, 0.05) is 5.56 Å². The fourth-order valence-corrected chi connectivity index (χ4v) is 2.33. The molecule has 0 atom stereocenters. The molecule has 0 amide bonds. The van der Waals surface area contributed by atoms with Gasteiger partial charge in [0.25, 0.3) is 0 Å². The quantitative estimate of drug-likeness (QED) is 0.791. The molecule has 0 spiro atoms. The average molecular weight is 205 g/mol. The Morgan fingerprint density at radius 3 is 2.50 bits per heavy atom. The van der Waals surface area contributed by atoms with E-state index in [0.29, 0.717) is 5.69 Å². The van der Waals surface area contributed by atoms with Gasteiger partial charge in [-0.1, -0.05) is 30.3 Å². The summed E-state index contributed by atoms with van der Waals surface area (Å²) in [4.78, 5) is 1.04. The molecule has 0 radical (unpaired) electrons. The molecule has 2 rings (SSSR count). The predicted octanol–water partition coefficient (Wildman–Crippen LogP) is 2.49. The normalized spacial score (nSPS) is 10.4. The van der Waals surface area contributed by atoms with Crippen LogP contribution in [0, 0.1) is 0 Å². The zero-order valence-corrected chi connectivity index (χ0v) is 8.42. The lowest BCUT2D eigenvalue weighted by Gasteiger charge is -1.99. The van der Waals surface area contributed by atoms with Crippen LogP contribution < -0.4 is 5.73 Å². The maximum atomic E-state index is 9.01. The van der Waals surface area contributed by atoms with Gasteiger partial charge in [0.1, 0.15) is 0 Å². The fourth-order valence-electron chi connectivity index (χ4n) is 1.34. The summed E-state index contributed by atoms with van der Waals surface area (Å²) in [5.41, 5.74) is 8.51. The summed E-state index contributed by atoms with van der Waals surface area (Å²) < 4.78 is 0. The summed E-state index contributed by atoms with van der Waals surface area (Å²) in [5, 5.41) is 10.9. The Morgan fingerprint density at radius 2 is 1.93 bits per heavy atom. The third kappa shape index (κ3) is 1.52. The molecule has 1 heterocycles. The first-order valence-corrected chi connectivity index (χ1v) is 5.23. The first-order chi connectivity index (χ1) is 6.83. The van der Waals surface area contributed by atoms with Crippen LogP contribution >= 0.6 is 11.3 Å². The van der Waals surface area contributed by atoms with Crippen LogP contribution in [0.1, 0.15) is 5.56 Å². The highest BCUT2D eigenvalue weighted by atomic mass is 32.1. The number of thiophene rings is 1. The first-order valence-electron chi connectivity index (χ1n) is 4.35. The van der Waals surface area contributed by atoms with E-state index in [1.54, 1.807) is 11.3 Å². The molecule has 2 nitrogen and oxygen atoms in total. The number of anilines is 1. The van der Waals surface area contributed by atoms with Crippen LogP contribution in [-0.4, -0.2) is 5.11 Å². The molecular weight excluding hydrogens is 194 g/mol. The molecule has 0 aliphatic heterocycles. The van der Waals surface area contributed by atoms with Gasteiger partial charge in [-0.05, 0) is 10.9 Å². The van der Waals surface area contributed by atoms with Crippen molar-refractivity contribution in [2.45, 2.75) is 6.61 Å². The Morgan fingerprint density at radius 1 is 1.21 bits per heavy atom. The summed E-state index contributed by atoms with van der Waals surface area (Å²) in [5.74, 6) is 0. The van der Waals surface area contributed by atoms with Crippen LogP contribution in [0.5, 0.6) is 0 Å². The van der Waals surface area contributed by atoms with E-state index >= 15 is 0 Å². The highest BCUT2D eigenvalue weighted by molar-refractivity contribution is 7.14. The number of hydrogen-bond acceptors (Lipinski definition) is 3. The second kappa shape index (κ2) is 3.82. The van der Waals surface area contributed by atoms with Gasteiger partial charge in [-0.2, -0.15) is 0 Å². The number of nitrogens with two attached hydrogens (primary N) is 1. The van der Waals surface area contributed by atoms with Gasteiger partial charge >= 0.3 is 0 Å². The molecular formula is C11H11NOS. The van der Waals surface area contributed by atoms with Crippen molar-refractivity contribution in [3.63, 3.8) is 0 Å². The minimum absolute atomic E-state index is 0.00909. The Bertz CT molecular complexity index is 422. The summed E-state index contributed by atoms with van der Waals surface area (Å²) in [6, 6.07) is 9.97. The molecule has 1 aromatic carbocycles. The van der Waals surface area contributed by atoms with Crippen molar-refractivity contribution in [3.8, 4) is 10.4 Å². The summed E-state index contributed by atoms with van der Waals surface area (Å²) in [7, 11) is 0. The highest BCUT2D eigenvalue weighted by Crippen LogP contribution is 2.34. The van der Waals surface area contributed by atoms with Crippen molar-refractivity contribution in [3.05, 3.63) is 41.3 Å². The molecule has 14 heavy (non-hydrogen) atoms. The molecule has 72 valence electrons. The molecule has 0 aliphatic rings. The van der Waals surface area contributed by atoms with Crippen LogP contribution in [0.2, 0.25) is 0 Å². The van der Waals surface area contributed by atoms with Crippen LogP contribution in [-0.2, 0) is 6.61 Å². The van der Waals surface area contributed by atoms with E-state index in [-0.39, 0.29) is 6.61 Å². The Labute approximate surface area is 86.6 Å². The lowest BCUT2D eigenvalue weighted by molar-refractivity contribution is 0.283.